The maximum Gasteiger partial charge on any atom is 0.295 e. The summed E-state index contributed by atoms with van der Waals surface area (Å²) in [6.07, 6.45) is 0. The third kappa shape index (κ3) is 2.96. The average molecular weight is 261 g/mol. The van der Waals surface area contributed by atoms with Crippen LogP contribution in [-0.4, -0.2) is 52.4 Å². The zero-order chi connectivity index (χ0) is 12.3. The molecular formula is C9H15N3O2S2. The van der Waals surface area contributed by atoms with E-state index >= 15 is 0 Å². The Morgan fingerprint density at radius 2 is 1.81 bits per heavy atom. The van der Waals surface area contributed by atoms with Crippen molar-refractivity contribution in [2.75, 3.05) is 28.2 Å². The molecule has 0 aliphatic rings. The second kappa shape index (κ2) is 4.84. The van der Waals surface area contributed by atoms with Crippen molar-refractivity contribution in [1.82, 2.24) is 9.80 Å². The molecule has 0 aromatic carbocycles. The second-order valence-electron chi connectivity index (χ2n) is 3.59. The first-order valence-corrected chi connectivity index (χ1v) is 6.89. The number of rotatable bonds is 2. The van der Waals surface area contributed by atoms with Crippen LogP contribution in [0.4, 0.5) is 0 Å². The van der Waals surface area contributed by atoms with E-state index < -0.39 is 10.0 Å². The van der Waals surface area contributed by atoms with E-state index in [0.29, 0.717) is 5.96 Å². The van der Waals surface area contributed by atoms with Crippen LogP contribution in [0.15, 0.2) is 26.1 Å². The van der Waals surface area contributed by atoms with Gasteiger partial charge in [-0.15, -0.1) is 15.7 Å². The minimum Gasteiger partial charge on any atom is -0.348 e. The average Bonchev–Trinajstić information content (AvgIpc) is 2.66. The molecule has 7 heteroatoms. The van der Waals surface area contributed by atoms with Crippen molar-refractivity contribution >= 4 is 27.3 Å². The van der Waals surface area contributed by atoms with Crippen molar-refractivity contribution in [2.24, 2.45) is 4.40 Å². The van der Waals surface area contributed by atoms with Crippen LogP contribution in [0.3, 0.4) is 0 Å². The van der Waals surface area contributed by atoms with Crippen LogP contribution in [0.5, 0.6) is 0 Å². The Hall–Kier alpha value is -1.08. The van der Waals surface area contributed by atoms with Crippen LogP contribution in [-0.2, 0) is 10.0 Å². The molecule has 0 atom stereocenters. The van der Waals surface area contributed by atoms with Crippen molar-refractivity contribution in [3.63, 3.8) is 0 Å². The van der Waals surface area contributed by atoms with E-state index in [1.807, 2.05) is 0 Å². The van der Waals surface area contributed by atoms with Gasteiger partial charge in [0.15, 0.2) is 0 Å². The molecule has 1 heterocycles. The molecule has 1 aromatic rings. The largest absolute Gasteiger partial charge is 0.348 e. The second-order valence-corrected chi connectivity index (χ2v) is 6.37. The van der Waals surface area contributed by atoms with Gasteiger partial charge in [0.2, 0.25) is 5.96 Å². The van der Waals surface area contributed by atoms with Crippen LogP contribution in [0.25, 0.3) is 0 Å². The lowest BCUT2D eigenvalue weighted by Gasteiger charge is -2.21. The molecule has 0 aliphatic heterocycles. The van der Waals surface area contributed by atoms with Crippen molar-refractivity contribution < 1.29 is 8.42 Å². The minimum absolute atomic E-state index is 0.258. The number of hydrogen-bond donors (Lipinski definition) is 0. The minimum atomic E-state index is -3.58. The molecule has 0 saturated heterocycles. The molecule has 0 saturated carbocycles. The van der Waals surface area contributed by atoms with Crippen LogP contribution < -0.4 is 0 Å². The fourth-order valence-electron chi connectivity index (χ4n) is 1.13. The summed E-state index contributed by atoms with van der Waals surface area (Å²) in [7, 11) is 3.43. The molecule has 0 aliphatic carbocycles. The molecule has 0 unspecified atom stereocenters. The van der Waals surface area contributed by atoms with E-state index in [-0.39, 0.29) is 4.21 Å². The highest BCUT2D eigenvalue weighted by Crippen LogP contribution is 2.18. The van der Waals surface area contributed by atoms with Gasteiger partial charge in [-0.1, -0.05) is 6.07 Å². The maximum absolute atomic E-state index is 11.9. The Morgan fingerprint density at radius 1 is 1.25 bits per heavy atom. The van der Waals surface area contributed by atoms with Crippen LogP contribution in [0.2, 0.25) is 0 Å². The monoisotopic (exact) mass is 261 g/mol. The smallest absolute Gasteiger partial charge is 0.295 e. The van der Waals surface area contributed by atoms with E-state index in [0.717, 1.165) is 11.3 Å². The summed E-state index contributed by atoms with van der Waals surface area (Å²) >= 11 is 1.16. The highest BCUT2D eigenvalue weighted by Gasteiger charge is 2.17. The standard InChI is InChI=1S/C9H15N3O2S2/c1-11(2)9(12(3)4)10-16(13,14)8-6-5-7-15-8/h5-7H,1-4H3. The number of sulfonamides is 1. The third-order valence-electron chi connectivity index (χ3n) is 1.75. The summed E-state index contributed by atoms with van der Waals surface area (Å²) in [6, 6.07) is 3.24. The van der Waals surface area contributed by atoms with E-state index in [2.05, 4.69) is 4.40 Å². The molecule has 0 N–H and O–H groups in total. The predicted molar refractivity (Wildman–Crippen MR) is 66.3 cm³/mol. The van der Waals surface area contributed by atoms with Gasteiger partial charge in [0, 0.05) is 28.2 Å². The fraction of sp³-hybridized carbons (Fsp3) is 0.444. The summed E-state index contributed by atoms with van der Waals surface area (Å²) in [4.78, 5) is 3.32. The van der Waals surface area contributed by atoms with Gasteiger partial charge in [0.1, 0.15) is 4.21 Å². The van der Waals surface area contributed by atoms with Gasteiger partial charge in [0.25, 0.3) is 10.0 Å². The highest BCUT2D eigenvalue weighted by atomic mass is 32.2. The van der Waals surface area contributed by atoms with Gasteiger partial charge >= 0.3 is 0 Å². The Bertz CT molecular complexity index is 451. The molecule has 1 rings (SSSR count). The van der Waals surface area contributed by atoms with Crippen LogP contribution in [0, 0.1) is 0 Å². The Morgan fingerprint density at radius 3 is 2.19 bits per heavy atom. The number of guanidine groups is 1. The zero-order valence-electron chi connectivity index (χ0n) is 9.71. The van der Waals surface area contributed by atoms with Crippen LogP contribution >= 0.6 is 11.3 Å². The fourth-order valence-corrected chi connectivity index (χ4v) is 3.22. The lowest BCUT2D eigenvalue weighted by atomic mass is 10.7. The zero-order valence-corrected chi connectivity index (χ0v) is 11.3. The molecule has 0 fully saturated rings. The molecule has 0 bridgehead atoms. The third-order valence-corrected chi connectivity index (χ3v) is 4.38. The normalized spacial score (nSPS) is 11.0. The van der Waals surface area contributed by atoms with E-state index in [1.54, 1.807) is 55.5 Å². The van der Waals surface area contributed by atoms with Crippen molar-refractivity contribution in [3.05, 3.63) is 17.5 Å². The summed E-state index contributed by atoms with van der Waals surface area (Å²) in [5, 5.41) is 1.72. The number of nitrogens with zero attached hydrogens (tertiary/aromatic N) is 3. The van der Waals surface area contributed by atoms with Gasteiger partial charge < -0.3 is 9.80 Å². The first kappa shape index (κ1) is 13.0. The quantitative estimate of drug-likeness (QED) is 0.587. The van der Waals surface area contributed by atoms with Gasteiger partial charge in [-0.25, -0.2) is 0 Å². The molecule has 90 valence electrons. The van der Waals surface area contributed by atoms with Gasteiger partial charge in [-0.2, -0.15) is 8.42 Å². The van der Waals surface area contributed by atoms with Crippen molar-refractivity contribution in [2.45, 2.75) is 4.21 Å². The molecule has 1 aromatic heterocycles. The number of thiophene rings is 1. The Labute approximate surface area is 100 Å². The molecule has 16 heavy (non-hydrogen) atoms. The van der Waals surface area contributed by atoms with Crippen molar-refractivity contribution in [1.29, 1.82) is 0 Å². The summed E-state index contributed by atoms with van der Waals surface area (Å²) in [5.41, 5.74) is 0. The lowest BCUT2D eigenvalue weighted by Crippen LogP contribution is -2.36. The summed E-state index contributed by atoms with van der Waals surface area (Å²) in [5.74, 6) is 0.397. The van der Waals surface area contributed by atoms with Crippen LogP contribution in [0.1, 0.15) is 0 Å². The topological polar surface area (TPSA) is 53.0 Å². The Balaban J connectivity index is 3.15. The number of hydrogen-bond acceptors (Lipinski definition) is 3. The van der Waals surface area contributed by atoms with Gasteiger partial charge in [-0.3, -0.25) is 0 Å². The summed E-state index contributed by atoms with van der Waals surface area (Å²) in [6.45, 7) is 0. The van der Waals surface area contributed by atoms with E-state index in [9.17, 15) is 8.42 Å². The highest BCUT2D eigenvalue weighted by molar-refractivity contribution is 7.92. The molecule has 0 spiro atoms. The van der Waals surface area contributed by atoms with Crippen molar-refractivity contribution in [3.8, 4) is 0 Å². The maximum atomic E-state index is 11.9. The Kier molecular flexibility index (Phi) is 3.93. The van der Waals surface area contributed by atoms with E-state index in [4.69, 9.17) is 0 Å². The molecule has 0 radical (unpaired) electrons. The predicted octanol–water partition coefficient (Wildman–Crippen LogP) is 0.916. The van der Waals surface area contributed by atoms with Gasteiger partial charge in [-0.05, 0) is 11.4 Å². The molecule has 0 amide bonds. The summed E-state index contributed by atoms with van der Waals surface area (Å²) < 4.78 is 27.8. The van der Waals surface area contributed by atoms with Gasteiger partial charge in [0.05, 0.1) is 0 Å². The first-order valence-electron chi connectivity index (χ1n) is 4.57. The SMILES string of the molecule is CN(C)C(=NS(=O)(=O)c1cccs1)N(C)C. The lowest BCUT2D eigenvalue weighted by molar-refractivity contribution is 0.484. The molecule has 5 nitrogen and oxygen atoms in total. The molecular weight excluding hydrogens is 246 g/mol. The van der Waals surface area contributed by atoms with E-state index in [1.165, 1.54) is 0 Å². The first-order chi connectivity index (χ1) is 7.34.